The molecule has 1 rings (SSSR count). The zero-order chi connectivity index (χ0) is 15.7. The van der Waals surface area contributed by atoms with Crippen molar-refractivity contribution in [3.05, 3.63) is 29.8 Å². The lowest BCUT2D eigenvalue weighted by Crippen LogP contribution is -2.32. The SMILES string of the molecule is CCNC(C)c1ccc(NC(=O)NCC(CC)CC)cc1. The van der Waals surface area contributed by atoms with E-state index in [4.69, 9.17) is 0 Å². The van der Waals surface area contributed by atoms with E-state index in [0.29, 0.717) is 12.0 Å². The van der Waals surface area contributed by atoms with Gasteiger partial charge >= 0.3 is 6.03 Å². The summed E-state index contributed by atoms with van der Waals surface area (Å²) in [6.45, 7) is 10.2. The Balaban J connectivity index is 2.46. The van der Waals surface area contributed by atoms with E-state index in [0.717, 1.165) is 31.6 Å². The number of nitrogens with one attached hydrogen (secondary N) is 3. The third kappa shape index (κ3) is 6.17. The maximum Gasteiger partial charge on any atom is 0.319 e. The summed E-state index contributed by atoms with van der Waals surface area (Å²) in [5.41, 5.74) is 2.05. The first kappa shape index (κ1) is 17.5. The average Bonchev–Trinajstić information content (AvgIpc) is 2.49. The van der Waals surface area contributed by atoms with Crippen molar-refractivity contribution in [1.29, 1.82) is 0 Å². The Hall–Kier alpha value is -1.55. The van der Waals surface area contributed by atoms with Crippen LogP contribution in [0.25, 0.3) is 0 Å². The Kier molecular flexibility index (Phi) is 7.83. The van der Waals surface area contributed by atoms with Crippen molar-refractivity contribution in [2.75, 3.05) is 18.4 Å². The average molecular weight is 291 g/mol. The fourth-order valence-corrected chi connectivity index (χ4v) is 2.27. The molecule has 0 aromatic heterocycles. The largest absolute Gasteiger partial charge is 0.338 e. The molecule has 0 fully saturated rings. The molecule has 0 spiro atoms. The number of urea groups is 1. The molecule has 0 aliphatic rings. The third-order valence-electron chi connectivity index (χ3n) is 3.88. The van der Waals surface area contributed by atoms with E-state index >= 15 is 0 Å². The monoisotopic (exact) mass is 291 g/mol. The Labute approximate surface area is 128 Å². The normalized spacial score (nSPS) is 12.2. The number of carbonyl (C=O) groups excluding carboxylic acids is 1. The lowest BCUT2D eigenvalue weighted by molar-refractivity contribution is 0.249. The van der Waals surface area contributed by atoms with Gasteiger partial charge in [0, 0.05) is 18.3 Å². The second-order valence-electron chi connectivity index (χ2n) is 5.42. The quantitative estimate of drug-likeness (QED) is 0.680. The van der Waals surface area contributed by atoms with Gasteiger partial charge in [-0.25, -0.2) is 4.79 Å². The van der Waals surface area contributed by atoms with Crippen LogP contribution in [0.1, 0.15) is 52.1 Å². The van der Waals surface area contributed by atoms with Crippen LogP contribution in [-0.2, 0) is 0 Å². The summed E-state index contributed by atoms with van der Waals surface area (Å²) in [6, 6.07) is 8.18. The van der Waals surface area contributed by atoms with Crippen molar-refractivity contribution in [1.82, 2.24) is 10.6 Å². The number of rotatable bonds is 8. The van der Waals surface area contributed by atoms with Crippen LogP contribution in [0.3, 0.4) is 0 Å². The molecular weight excluding hydrogens is 262 g/mol. The van der Waals surface area contributed by atoms with E-state index in [1.54, 1.807) is 0 Å². The summed E-state index contributed by atoms with van der Waals surface area (Å²) in [4.78, 5) is 11.8. The van der Waals surface area contributed by atoms with E-state index < -0.39 is 0 Å². The molecule has 2 amide bonds. The standard InChI is InChI=1S/C17H29N3O/c1-5-14(6-2)12-19-17(21)20-16-10-8-15(9-11-16)13(4)18-7-3/h8-11,13-14,18H,5-7,12H2,1-4H3,(H2,19,20,21). The Bertz CT molecular complexity index is 413. The molecule has 0 aliphatic carbocycles. The van der Waals surface area contributed by atoms with E-state index in [1.165, 1.54) is 5.56 Å². The number of carbonyl (C=O) groups is 1. The van der Waals surface area contributed by atoms with Crippen molar-refractivity contribution in [3.63, 3.8) is 0 Å². The highest BCUT2D eigenvalue weighted by Gasteiger charge is 2.07. The first-order valence-electron chi connectivity index (χ1n) is 7.98. The van der Waals surface area contributed by atoms with Crippen LogP contribution in [0.4, 0.5) is 10.5 Å². The number of benzene rings is 1. The molecular formula is C17H29N3O. The summed E-state index contributed by atoms with van der Waals surface area (Å²) < 4.78 is 0. The number of amides is 2. The fraction of sp³-hybridized carbons (Fsp3) is 0.588. The molecule has 4 heteroatoms. The van der Waals surface area contributed by atoms with Gasteiger partial charge in [-0.3, -0.25) is 0 Å². The smallest absolute Gasteiger partial charge is 0.319 e. The molecule has 1 unspecified atom stereocenters. The first-order chi connectivity index (χ1) is 10.1. The molecule has 3 N–H and O–H groups in total. The van der Waals surface area contributed by atoms with Crippen molar-refractivity contribution in [2.24, 2.45) is 5.92 Å². The van der Waals surface area contributed by atoms with Crippen molar-refractivity contribution < 1.29 is 4.79 Å². The molecule has 0 bridgehead atoms. The Morgan fingerprint density at radius 3 is 2.24 bits per heavy atom. The van der Waals surface area contributed by atoms with Gasteiger partial charge in [0.1, 0.15) is 0 Å². The van der Waals surface area contributed by atoms with E-state index in [1.807, 2.05) is 24.3 Å². The summed E-state index contributed by atoms with van der Waals surface area (Å²) >= 11 is 0. The lowest BCUT2D eigenvalue weighted by atomic mass is 10.0. The molecule has 1 atom stereocenters. The highest BCUT2D eigenvalue weighted by molar-refractivity contribution is 5.89. The maximum atomic E-state index is 11.8. The van der Waals surface area contributed by atoms with Gasteiger partial charge in [0.15, 0.2) is 0 Å². The molecule has 0 saturated carbocycles. The van der Waals surface area contributed by atoms with Gasteiger partial charge in [-0.05, 0) is 37.1 Å². The number of anilines is 1. The van der Waals surface area contributed by atoms with Crippen LogP contribution in [-0.4, -0.2) is 19.1 Å². The predicted molar refractivity (Wildman–Crippen MR) is 89.6 cm³/mol. The van der Waals surface area contributed by atoms with Gasteiger partial charge in [0.2, 0.25) is 0 Å². The zero-order valence-corrected chi connectivity index (χ0v) is 13.7. The minimum atomic E-state index is -0.130. The van der Waals surface area contributed by atoms with Crippen LogP contribution in [0, 0.1) is 5.92 Å². The maximum absolute atomic E-state index is 11.8. The van der Waals surface area contributed by atoms with Crippen LogP contribution in [0.2, 0.25) is 0 Å². The second kappa shape index (κ2) is 9.40. The predicted octanol–water partition coefficient (Wildman–Crippen LogP) is 3.91. The molecule has 118 valence electrons. The third-order valence-corrected chi connectivity index (χ3v) is 3.88. The van der Waals surface area contributed by atoms with Crippen molar-refractivity contribution in [3.8, 4) is 0 Å². The van der Waals surface area contributed by atoms with Gasteiger partial charge < -0.3 is 16.0 Å². The Morgan fingerprint density at radius 2 is 1.71 bits per heavy atom. The molecule has 1 aromatic rings. The van der Waals surface area contributed by atoms with E-state index in [2.05, 4.69) is 43.6 Å². The molecule has 1 aromatic carbocycles. The second-order valence-corrected chi connectivity index (χ2v) is 5.42. The summed E-state index contributed by atoms with van der Waals surface area (Å²) in [5, 5.41) is 9.17. The fourth-order valence-electron chi connectivity index (χ4n) is 2.27. The highest BCUT2D eigenvalue weighted by atomic mass is 16.2. The van der Waals surface area contributed by atoms with Crippen molar-refractivity contribution in [2.45, 2.75) is 46.6 Å². The van der Waals surface area contributed by atoms with Gasteiger partial charge in [0.25, 0.3) is 0 Å². The van der Waals surface area contributed by atoms with Crippen LogP contribution < -0.4 is 16.0 Å². The van der Waals surface area contributed by atoms with Crippen LogP contribution >= 0.6 is 0 Å². The molecule has 0 saturated heterocycles. The van der Waals surface area contributed by atoms with Gasteiger partial charge in [-0.15, -0.1) is 0 Å². The van der Waals surface area contributed by atoms with Gasteiger partial charge in [-0.1, -0.05) is 45.7 Å². The highest BCUT2D eigenvalue weighted by Crippen LogP contribution is 2.15. The minimum absolute atomic E-state index is 0.130. The van der Waals surface area contributed by atoms with Gasteiger partial charge in [0.05, 0.1) is 0 Å². The van der Waals surface area contributed by atoms with Crippen LogP contribution in [0.5, 0.6) is 0 Å². The molecule has 0 heterocycles. The minimum Gasteiger partial charge on any atom is -0.338 e. The molecule has 0 radical (unpaired) electrons. The topological polar surface area (TPSA) is 53.2 Å². The first-order valence-corrected chi connectivity index (χ1v) is 7.98. The summed E-state index contributed by atoms with van der Waals surface area (Å²) in [6.07, 6.45) is 2.18. The Morgan fingerprint density at radius 1 is 1.10 bits per heavy atom. The van der Waals surface area contributed by atoms with E-state index in [9.17, 15) is 4.79 Å². The van der Waals surface area contributed by atoms with E-state index in [-0.39, 0.29) is 6.03 Å². The van der Waals surface area contributed by atoms with Gasteiger partial charge in [-0.2, -0.15) is 0 Å². The zero-order valence-electron chi connectivity index (χ0n) is 13.7. The molecule has 4 nitrogen and oxygen atoms in total. The number of hydrogen-bond acceptors (Lipinski definition) is 2. The van der Waals surface area contributed by atoms with Crippen molar-refractivity contribution >= 4 is 11.7 Å². The number of hydrogen-bond donors (Lipinski definition) is 3. The van der Waals surface area contributed by atoms with Crippen LogP contribution in [0.15, 0.2) is 24.3 Å². The molecule has 0 aliphatic heterocycles. The summed E-state index contributed by atoms with van der Waals surface area (Å²) in [5.74, 6) is 0.555. The lowest BCUT2D eigenvalue weighted by Gasteiger charge is -2.15. The summed E-state index contributed by atoms with van der Waals surface area (Å²) in [7, 11) is 0. The molecule has 21 heavy (non-hydrogen) atoms.